The first-order chi connectivity index (χ1) is 17.2. The molecule has 0 aliphatic carbocycles. The van der Waals surface area contributed by atoms with Crippen LogP contribution >= 0.6 is 0 Å². The van der Waals surface area contributed by atoms with Crippen LogP contribution in [0.2, 0.25) is 0 Å². The minimum atomic E-state index is -1.02. The third-order valence-electron chi connectivity index (χ3n) is 6.63. The van der Waals surface area contributed by atoms with Gasteiger partial charge in [-0.15, -0.1) is 0 Å². The lowest BCUT2D eigenvalue weighted by molar-refractivity contribution is -0.144. The van der Waals surface area contributed by atoms with E-state index >= 15 is 0 Å². The van der Waals surface area contributed by atoms with Crippen molar-refractivity contribution in [3.63, 3.8) is 0 Å². The molecule has 1 atom stereocenters. The molecule has 0 spiro atoms. The second-order valence-electron chi connectivity index (χ2n) is 9.89. The summed E-state index contributed by atoms with van der Waals surface area (Å²) in [6, 6.07) is 20.7. The van der Waals surface area contributed by atoms with Crippen molar-refractivity contribution in [3.8, 4) is 5.75 Å². The summed E-state index contributed by atoms with van der Waals surface area (Å²) in [5.74, 6) is -0.636. The van der Waals surface area contributed by atoms with E-state index in [1.54, 1.807) is 12.1 Å². The van der Waals surface area contributed by atoms with Crippen molar-refractivity contribution in [2.45, 2.75) is 51.6 Å². The summed E-state index contributed by atoms with van der Waals surface area (Å²) in [6.07, 6.45) is 2.47. The van der Waals surface area contributed by atoms with Crippen LogP contribution < -0.4 is 4.74 Å². The molecule has 36 heavy (non-hydrogen) atoms. The largest absolute Gasteiger partial charge is 0.487 e. The van der Waals surface area contributed by atoms with E-state index in [1.807, 2.05) is 56.3 Å². The van der Waals surface area contributed by atoms with Gasteiger partial charge in [0.25, 0.3) is 0 Å². The average molecular weight is 490 g/mol. The van der Waals surface area contributed by atoms with Gasteiger partial charge in [-0.25, -0.2) is 4.39 Å². The summed E-state index contributed by atoms with van der Waals surface area (Å²) >= 11 is 0. The molecule has 1 heterocycles. The molecule has 0 bridgehead atoms. The third kappa shape index (κ3) is 6.51. The van der Waals surface area contributed by atoms with Crippen LogP contribution in [-0.4, -0.2) is 40.6 Å². The number of aliphatic carboxylic acids is 1. The number of fused-ring (bicyclic) bond motifs is 1. The number of carbonyl (C=O) groups excluding carboxylic acids is 1. The van der Waals surface area contributed by atoms with E-state index in [2.05, 4.69) is 6.07 Å². The summed E-state index contributed by atoms with van der Waals surface area (Å²) < 4.78 is 20.4. The Kier molecular flexibility index (Phi) is 7.73. The molecule has 5 nitrogen and oxygen atoms in total. The fraction of sp³-hybridized carbons (Fsp3) is 0.333. The molecule has 0 saturated carbocycles. The topological polar surface area (TPSA) is 66.8 Å². The lowest BCUT2D eigenvalue weighted by Gasteiger charge is -2.24. The average Bonchev–Trinajstić information content (AvgIpc) is 3.16. The Labute approximate surface area is 211 Å². The third-order valence-corrected chi connectivity index (χ3v) is 6.63. The number of carbonyl (C=O) groups is 2. The van der Waals surface area contributed by atoms with Crippen LogP contribution in [0.3, 0.4) is 0 Å². The van der Waals surface area contributed by atoms with E-state index in [0.29, 0.717) is 37.8 Å². The van der Waals surface area contributed by atoms with Crippen LogP contribution in [0, 0.1) is 12.7 Å². The number of carboxylic acid groups (broad SMARTS) is 1. The summed E-state index contributed by atoms with van der Waals surface area (Å²) in [5, 5.41) is 9.31. The monoisotopic (exact) mass is 489 g/mol. The zero-order valence-corrected chi connectivity index (χ0v) is 20.8. The van der Waals surface area contributed by atoms with Crippen LogP contribution in [0.5, 0.6) is 5.75 Å². The highest BCUT2D eigenvalue weighted by Gasteiger charge is 2.35. The quantitative estimate of drug-likeness (QED) is 0.427. The van der Waals surface area contributed by atoms with Crippen molar-refractivity contribution in [2.75, 3.05) is 13.1 Å². The van der Waals surface area contributed by atoms with E-state index in [-0.39, 0.29) is 24.7 Å². The van der Waals surface area contributed by atoms with Crippen molar-refractivity contribution in [1.29, 1.82) is 0 Å². The number of amides is 1. The number of nitrogens with zero attached hydrogens (tertiary/aromatic N) is 1. The van der Waals surface area contributed by atoms with Crippen molar-refractivity contribution in [3.05, 3.63) is 100 Å². The Balaban J connectivity index is 1.36. The van der Waals surface area contributed by atoms with Crippen LogP contribution in [0.1, 0.15) is 41.2 Å². The SMILES string of the molecule is Cc1cccc(CCN(CC(=O)O)C(=O)CCc2ccc3c(c2)C[C@](C)(Cc2ccccc2F)O3)c1. The van der Waals surface area contributed by atoms with Crippen molar-refractivity contribution in [2.24, 2.45) is 0 Å². The van der Waals surface area contributed by atoms with Gasteiger partial charge in [0, 0.05) is 25.8 Å². The molecule has 3 aromatic rings. The number of halogens is 1. The maximum Gasteiger partial charge on any atom is 0.323 e. The highest BCUT2D eigenvalue weighted by molar-refractivity contribution is 5.81. The van der Waals surface area contributed by atoms with E-state index in [4.69, 9.17) is 4.74 Å². The molecule has 6 heteroatoms. The molecule has 4 rings (SSSR count). The Morgan fingerprint density at radius 1 is 1.03 bits per heavy atom. The van der Waals surface area contributed by atoms with Gasteiger partial charge in [-0.3, -0.25) is 9.59 Å². The Hall–Kier alpha value is -3.67. The molecule has 0 radical (unpaired) electrons. The first-order valence-electron chi connectivity index (χ1n) is 12.3. The predicted molar refractivity (Wildman–Crippen MR) is 137 cm³/mol. The smallest absolute Gasteiger partial charge is 0.323 e. The number of ether oxygens (including phenoxy) is 1. The molecule has 1 N–H and O–H groups in total. The summed E-state index contributed by atoms with van der Waals surface area (Å²) in [4.78, 5) is 25.7. The van der Waals surface area contributed by atoms with Gasteiger partial charge in [0.05, 0.1) is 0 Å². The van der Waals surface area contributed by atoms with Gasteiger partial charge in [-0.05, 0) is 61.1 Å². The Bertz CT molecular complexity index is 1260. The molecule has 0 unspecified atom stereocenters. The fourth-order valence-corrected chi connectivity index (χ4v) is 4.87. The first-order valence-corrected chi connectivity index (χ1v) is 12.3. The summed E-state index contributed by atoms with van der Waals surface area (Å²) in [7, 11) is 0. The normalized spacial score (nSPS) is 16.3. The summed E-state index contributed by atoms with van der Waals surface area (Å²) in [5.41, 5.74) is 4.34. The zero-order chi connectivity index (χ0) is 25.7. The zero-order valence-electron chi connectivity index (χ0n) is 20.8. The highest BCUT2D eigenvalue weighted by Crippen LogP contribution is 2.38. The molecular formula is C30H32FNO4. The predicted octanol–water partition coefficient (Wildman–Crippen LogP) is 5.16. The maximum atomic E-state index is 14.2. The minimum absolute atomic E-state index is 0.175. The molecule has 0 fully saturated rings. The van der Waals surface area contributed by atoms with Gasteiger partial charge in [0.15, 0.2) is 0 Å². The van der Waals surface area contributed by atoms with Gasteiger partial charge in [-0.2, -0.15) is 0 Å². The first kappa shape index (κ1) is 25.4. The number of benzene rings is 3. The number of aryl methyl sites for hydroxylation is 2. The van der Waals surface area contributed by atoms with Crippen LogP contribution in [-0.2, 0) is 35.3 Å². The lowest BCUT2D eigenvalue weighted by Crippen LogP contribution is -2.37. The lowest BCUT2D eigenvalue weighted by atomic mass is 9.91. The fourth-order valence-electron chi connectivity index (χ4n) is 4.87. The van der Waals surface area contributed by atoms with Crippen LogP contribution in [0.4, 0.5) is 4.39 Å². The van der Waals surface area contributed by atoms with Crippen LogP contribution in [0.15, 0.2) is 66.7 Å². The van der Waals surface area contributed by atoms with E-state index in [1.165, 1.54) is 11.0 Å². The second kappa shape index (κ2) is 10.9. The van der Waals surface area contributed by atoms with Crippen molar-refractivity contribution < 1.29 is 23.8 Å². The van der Waals surface area contributed by atoms with Gasteiger partial charge >= 0.3 is 5.97 Å². The molecule has 0 saturated heterocycles. The highest BCUT2D eigenvalue weighted by atomic mass is 19.1. The second-order valence-corrected chi connectivity index (χ2v) is 9.89. The number of rotatable bonds is 10. The molecule has 1 aliphatic rings. The van der Waals surface area contributed by atoms with E-state index < -0.39 is 11.6 Å². The molecule has 3 aromatic carbocycles. The van der Waals surface area contributed by atoms with E-state index in [9.17, 15) is 19.1 Å². The Morgan fingerprint density at radius 3 is 2.56 bits per heavy atom. The number of carboxylic acids is 1. The number of hydrogen-bond donors (Lipinski definition) is 1. The standard InChI is InChI=1S/C30H32FNO4/c1-21-6-5-7-22(16-21)14-15-32(20-29(34)35)28(33)13-11-23-10-12-27-25(17-23)19-30(2,36-27)18-24-8-3-4-9-26(24)31/h3-10,12,16-17H,11,13-15,18-20H2,1-2H3,(H,34,35)/t30-/m0/s1. The molecule has 0 aromatic heterocycles. The molecule has 1 amide bonds. The molecular weight excluding hydrogens is 457 g/mol. The minimum Gasteiger partial charge on any atom is -0.487 e. The van der Waals surface area contributed by atoms with Crippen LogP contribution in [0.25, 0.3) is 0 Å². The van der Waals surface area contributed by atoms with Gasteiger partial charge < -0.3 is 14.7 Å². The number of hydrogen-bond acceptors (Lipinski definition) is 3. The van der Waals surface area contributed by atoms with Gasteiger partial charge in [0.2, 0.25) is 5.91 Å². The van der Waals surface area contributed by atoms with Crippen molar-refractivity contribution >= 4 is 11.9 Å². The van der Waals surface area contributed by atoms with Gasteiger partial charge in [0.1, 0.15) is 23.7 Å². The summed E-state index contributed by atoms with van der Waals surface area (Å²) in [6.45, 7) is 4.05. The van der Waals surface area contributed by atoms with E-state index in [0.717, 1.165) is 28.0 Å². The van der Waals surface area contributed by atoms with Crippen molar-refractivity contribution in [1.82, 2.24) is 4.90 Å². The molecule has 1 aliphatic heterocycles. The Morgan fingerprint density at radius 2 is 1.81 bits per heavy atom. The maximum absolute atomic E-state index is 14.2. The van der Waals surface area contributed by atoms with Gasteiger partial charge in [-0.1, -0.05) is 60.2 Å². The molecule has 188 valence electrons.